The van der Waals surface area contributed by atoms with Crippen molar-refractivity contribution in [1.82, 2.24) is 0 Å². The summed E-state index contributed by atoms with van der Waals surface area (Å²) >= 11 is 0. The van der Waals surface area contributed by atoms with E-state index in [0.29, 0.717) is 12.8 Å². The third kappa shape index (κ3) is 5.50. The quantitative estimate of drug-likeness (QED) is 0.459. The number of carbonyl (C=O) groups is 1. The van der Waals surface area contributed by atoms with Gasteiger partial charge in [0.15, 0.2) is 0 Å². The summed E-state index contributed by atoms with van der Waals surface area (Å²) in [5.74, 6) is -0.268. The normalized spacial score (nSPS) is 10.9. The van der Waals surface area contributed by atoms with E-state index in [2.05, 4.69) is 0 Å². The number of hydrogen-bond acceptors (Lipinski definition) is 4. The molecule has 5 heteroatoms. The van der Waals surface area contributed by atoms with E-state index in [0.717, 1.165) is 5.56 Å². The van der Waals surface area contributed by atoms with E-state index in [4.69, 9.17) is 4.74 Å². The molecule has 5 nitrogen and oxygen atoms in total. The molecular weight excluding hydrogens is 246 g/mol. The van der Waals surface area contributed by atoms with Crippen LogP contribution in [0.3, 0.4) is 0 Å². The number of non-ortho nitro benzene ring substituents is 1. The number of nitrogens with zero attached hydrogens (tertiary/aromatic N) is 1. The fraction of sp³-hybridized carbons (Fsp3) is 0.500. The van der Waals surface area contributed by atoms with Crippen LogP contribution in [0.5, 0.6) is 0 Å². The zero-order valence-electron chi connectivity index (χ0n) is 11.9. The Hall–Kier alpha value is -1.91. The summed E-state index contributed by atoms with van der Waals surface area (Å²) in [6.07, 6.45) is 0.635. The molecule has 0 spiro atoms. The highest BCUT2D eigenvalue weighted by Crippen LogP contribution is 2.23. The molecule has 0 aromatic heterocycles. The maximum atomic E-state index is 11.2. The van der Waals surface area contributed by atoms with Crippen LogP contribution in [0.4, 0.5) is 5.69 Å². The average molecular weight is 267 g/mol. The SMILES string of the molecule is CC.CCC(=O)OC(CC)c1ccc([N+](=O)[O-])cc1. The van der Waals surface area contributed by atoms with Crippen LogP contribution in [0.15, 0.2) is 24.3 Å². The maximum absolute atomic E-state index is 11.2. The van der Waals surface area contributed by atoms with E-state index in [1.54, 1.807) is 19.1 Å². The van der Waals surface area contributed by atoms with Crippen LogP contribution in [0.2, 0.25) is 0 Å². The topological polar surface area (TPSA) is 69.4 Å². The standard InChI is InChI=1S/C12H15NO4.C2H6/c1-3-11(17-12(14)4-2)9-5-7-10(8-6-9)13(15)16;1-2/h5-8,11H,3-4H2,1-2H3;1-2H3. The van der Waals surface area contributed by atoms with E-state index in [9.17, 15) is 14.9 Å². The van der Waals surface area contributed by atoms with Gasteiger partial charge in [-0.25, -0.2) is 0 Å². The summed E-state index contributed by atoms with van der Waals surface area (Å²) in [4.78, 5) is 21.2. The van der Waals surface area contributed by atoms with Crippen LogP contribution in [0, 0.1) is 10.1 Å². The van der Waals surface area contributed by atoms with E-state index in [-0.39, 0.29) is 17.8 Å². The van der Waals surface area contributed by atoms with Crippen molar-refractivity contribution in [3.05, 3.63) is 39.9 Å². The number of ether oxygens (including phenoxy) is 1. The minimum absolute atomic E-state index is 0.0328. The fourth-order valence-electron chi connectivity index (χ4n) is 1.44. The first-order valence-corrected chi connectivity index (χ1v) is 6.52. The van der Waals surface area contributed by atoms with Gasteiger partial charge in [-0.05, 0) is 24.1 Å². The molecule has 0 saturated heterocycles. The zero-order chi connectivity index (χ0) is 14.8. The Morgan fingerprint density at radius 2 is 1.79 bits per heavy atom. The molecule has 1 aromatic rings. The highest BCUT2D eigenvalue weighted by atomic mass is 16.6. The van der Waals surface area contributed by atoms with Crippen LogP contribution in [-0.4, -0.2) is 10.9 Å². The molecule has 1 rings (SSSR count). The molecule has 0 heterocycles. The second-order valence-corrected chi connectivity index (χ2v) is 3.59. The van der Waals surface area contributed by atoms with Crippen molar-refractivity contribution in [3.63, 3.8) is 0 Å². The summed E-state index contributed by atoms with van der Waals surface area (Å²) in [5, 5.41) is 10.5. The van der Waals surface area contributed by atoms with E-state index in [1.807, 2.05) is 20.8 Å². The summed E-state index contributed by atoms with van der Waals surface area (Å²) < 4.78 is 5.23. The molecule has 0 amide bonds. The lowest BCUT2D eigenvalue weighted by Gasteiger charge is -2.15. The molecule has 0 aliphatic rings. The highest BCUT2D eigenvalue weighted by molar-refractivity contribution is 5.69. The average Bonchev–Trinajstić information content (AvgIpc) is 2.46. The number of rotatable bonds is 5. The predicted octanol–water partition coefficient (Wildman–Crippen LogP) is 4.03. The number of esters is 1. The number of nitro benzene ring substituents is 1. The first-order valence-electron chi connectivity index (χ1n) is 6.52. The molecule has 0 bridgehead atoms. The van der Waals surface area contributed by atoms with Gasteiger partial charge in [-0.2, -0.15) is 0 Å². The Bertz CT molecular complexity index is 400. The molecule has 0 saturated carbocycles. The monoisotopic (exact) mass is 267 g/mol. The maximum Gasteiger partial charge on any atom is 0.306 e. The van der Waals surface area contributed by atoms with Crippen LogP contribution in [0.1, 0.15) is 52.2 Å². The van der Waals surface area contributed by atoms with Gasteiger partial charge in [-0.15, -0.1) is 0 Å². The molecule has 0 aliphatic heterocycles. The lowest BCUT2D eigenvalue weighted by atomic mass is 10.1. The van der Waals surface area contributed by atoms with Crippen molar-refractivity contribution >= 4 is 11.7 Å². The number of nitro groups is 1. The molecule has 0 radical (unpaired) electrons. The Balaban J connectivity index is 0.00000154. The Labute approximate surface area is 113 Å². The molecule has 1 aromatic carbocycles. The predicted molar refractivity (Wildman–Crippen MR) is 73.9 cm³/mol. The minimum Gasteiger partial charge on any atom is -0.457 e. The van der Waals surface area contributed by atoms with Gasteiger partial charge in [0, 0.05) is 18.6 Å². The van der Waals surface area contributed by atoms with E-state index < -0.39 is 4.92 Å². The van der Waals surface area contributed by atoms with Crippen molar-refractivity contribution in [2.24, 2.45) is 0 Å². The first-order chi connectivity index (χ1) is 9.08. The van der Waals surface area contributed by atoms with Gasteiger partial charge in [-0.1, -0.05) is 27.7 Å². The van der Waals surface area contributed by atoms with Gasteiger partial charge in [-0.3, -0.25) is 14.9 Å². The molecule has 106 valence electrons. The smallest absolute Gasteiger partial charge is 0.306 e. The largest absolute Gasteiger partial charge is 0.457 e. The van der Waals surface area contributed by atoms with Crippen LogP contribution >= 0.6 is 0 Å². The van der Waals surface area contributed by atoms with Crippen LogP contribution < -0.4 is 0 Å². The van der Waals surface area contributed by atoms with Crippen molar-refractivity contribution in [2.75, 3.05) is 0 Å². The Kier molecular flexibility index (Phi) is 8.17. The van der Waals surface area contributed by atoms with E-state index in [1.165, 1.54) is 12.1 Å². The van der Waals surface area contributed by atoms with Gasteiger partial charge >= 0.3 is 5.97 Å². The molecular formula is C14H21NO4. The summed E-state index contributed by atoms with van der Waals surface area (Å²) in [6, 6.07) is 6.07. The van der Waals surface area contributed by atoms with Crippen LogP contribution in [0.25, 0.3) is 0 Å². The van der Waals surface area contributed by atoms with Crippen LogP contribution in [-0.2, 0) is 9.53 Å². The lowest BCUT2D eigenvalue weighted by Crippen LogP contribution is -2.09. The molecule has 0 aliphatic carbocycles. The number of carbonyl (C=O) groups excluding carboxylic acids is 1. The number of hydrogen-bond donors (Lipinski definition) is 0. The fourth-order valence-corrected chi connectivity index (χ4v) is 1.44. The summed E-state index contributed by atoms with van der Waals surface area (Å²) in [5.41, 5.74) is 0.810. The van der Waals surface area contributed by atoms with Crippen molar-refractivity contribution in [1.29, 1.82) is 0 Å². The third-order valence-electron chi connectivity index (χ3n) is 2.41. The second-order valence-electron chi connectivity index (χ2n) is 3.59. The van der Waals surface area contributed by atoms with Gasteiger partial charge in [0.05, 0.1) is 4.92 Å². The summed E-state index contributed by atoms with van der Waals surface area (Å²) in [7, 11) is 0. The van der Waals surface area contributed by atoms with Gasteiger partial charge in [0.1, 0.15) is 6.10 Å². The summed E-state index contributed by atoms with van der Waals surface area (Å²) in [6.45, 7) is 7.62. The van der Waals surface area contributed by atoms with Crippen molar-refractivity contribution < 1.29 is 14.5 Å². The van der Waals surface area contributed by atoms with Gasteiger partial charge in [0.2, 0.25) is 0 Å². The van der Waals surface area contributed by atoms with Gasteiger partial charge in [0.25, 0.3) is 5.69 Å². The highest BCUT2D eigenvalue weighted by Gasteiger charge is 2.15. The molecule has 1 unspecified atom stereocenters. The lowest BCUT2D eigenvalue weighted by molar-refractivity contribution is -0.384. The molecule has 0 fully saturated rings. The van der Waals surface area contributed by atoms with Crippen molar-refractivity contribution in [3.8, 4) is 0 Å². The first kappa shape index (κ1) is 17.1. The zero-order valence-corrected chi connectivity index (χ0v) is 11.9. The Morgan fingerprint density at radius 1 is 1.26 bits per heavy atom. The van der Waals surface area contributed by atoms with Crippen molar-refractivity contribution in [2.45, 2.75) is 46.6 Å². The van der Waals surface area contributed by atoms with E-state index >= 15 is 0 Å². The number of benzene rings is 1. The molecule has 1 atom stereocenters. The molecule has 0 N–H and O–H groups in total. The molecule has 19 heavy (non-hydrogen) atoms. The minimum atomic E-state index is -0.456. The third-order valence-corrected chi connectivity index (χ3v) is 2.41. The Morgan fingerprint density at radius 3 is 2.16 bits per heavy atom. The van der Waals surface area contributed by atoms with Gasteiger partial charge < -0.3 is 4.74 Å². The second kappa shape index (κ2) is 9.08.